The SMILES string of the molecule is COC(=O)Cl.COC(=O)N[C@@H](C(=O)O)c1ccccc1.N[C@@H](C(=O)O)c1ccccc1. The van der Waals surface area contributed by atoms with Crippen molar-refractivity contribution in [1.29, 1.82) is 0 Å². The summed E-state index contributed by atoms with van der Waals surface area (Å²) in [5.41, 5.74) is 5.69. The van der Waals surface area contributed by atoms with Crippen molar-refractivity contribution in [2.75, 3.05) is 14.2 Å². The van der Waals surface area contributed by atoms with E-state index in [-0.39, 0.29) is 0 Å². The first-order valence-corrected chi connectivity index (χ1v) is 8.90. The van der Waals surface area contributed by atoms with Crippen LogP contribution in [0.2, 0.25) is 0 Å². The summed E-state index contributed by atoms with van der Waals surface area (Å²) in [7, 11) is 2.40. The molecule has 0 bridgehead atoms. The first kappa shape index (κ1) is 27.4. The summed E-state index contributed by atoms with van der Waals surface area (Å²) in [6.45, 7) is 0. The number of carbonyl (C=O) groups is 4. The van der Waals surface area contributed by atoms with Gasteiger partial charge < -0.3 is 30.7 Å². The standard InChI is InChI=1S/C10H11NO4.C8H9NO2.C2H3ClO2/c1-15-10(14)11-8(9(12)13)7-5-3-2-4-6-7;9-7(8(10)11)6-4-2-1-3-5-6;1-5-2(3)4/h2-6,8H,1H3,(H,11,14)(H,12,13);1-5,7H,9H2,(H,10,11);1H3/t8-;7-;/m11./s1. The number of hydrogen-bond donors (Lipinski definition) is 4. The average Bonchev–Trinajstić information content (AvgIpc) is 2.78. The second kappa shape index (κ2) is 15.2. The van der Waals surface area contributed by atoms with Gasteiger partial charge in [0.15, 0.2) is 6.04 Å². The van der Waals surface area contributed by atoms with E-state index < -0.39 is 35.5 Å². The Morgan fingerprint density at radius 2 is 1.26 bits per heavy atom. The molecule has 2 atom stereocenters. The molecular weight excluding hydrogens is 432 g/mol. The second-order valence-corrected chi connectivity index (χ2v) is 5.79. The number of nitrogens with two attached hydrogens (primary N) is 1. The number of halogens is 1. The van der Waals surface area contributed by atoms with Gasteiger partial charge in [-0.15, -0.1) is 0 Å². The van der Waals surface area contributed by atoms with E-state index in [1.165, 1.54) is 14.2 Å². The molecule has 0 fully saturated rings. The molecule has 0 saturated heterocycles. The van der Waals surface area contributed by atoms with E-state index in [0.29, 0.717) is 11.1 Å². The van der Waals surface area contributed by atoms with E-state index in [4.69, 9.17) is 15.9 Å². The number of aliphatic carboxylic acids is 2. The molecule has 10 nitrogen and oxygen atoms in total. The normalized spacial score (nSPS) is 11.1. The first-order valence-electron chi connectivity index (χ1n) is 8.53. The zero-order valence-electron chi connectivity index (χ0n) is 16.7. The Morgan fingerprint density at radius 3 is 1.58 bits per heavy atom. The molecular formula is C20H23ClN2O8. The number of carboxylic acid groups (broad SMARTS) is 2. The quantitative estimate of drug-likeness (QED) is 0.496. The Kier molecular flexibility index (Phi) is 13.5. The van der Waals surface area contributed by atoms with Crippen LogP contribution in [0, 0.1) is 0 Å². The molecule has 0 unspecified atom stereocenters. The van der Waals surface area contributed by atoms with Crippen LogP contribution in [0.15, 0.2) is 60.7 Å². The second-order valence-electron chi connectivity index (χ2n) is 5.49. The fourth-order valence-corrected chi connectivity index (χ4v) is 1.91. The Balaban J connectivity index is 0.000000492. The van der Waals surface area contributed by atoms with Crippen LogP contribution in [-0.4, -0.2) is 47.9 Å². The largest absolute Gasteiger partial charge is 0.480 e. The summed E-state index contributed by atoms with van der Waals surface area (Å²) in [6.07, 6.45) is -0.772. The van der Waals surface area contributed by atoms with Crippen molar-refractivity contribution >= 4 is 35.1 Å². The molecule has 0 aromatic heterocycles. The third-order valence-corrected chi connectivity index (χ3v) is 3.57. The maximum atomic E-state index is 10.9. The minimum absolute atomic E-state index is 0.496. The highest BCUT2D eigenvalue weighted by molar-refractivity contribution is 6.61. The lowest BCUT2D eigenvalue weighted by Gasteiger charge is -2.13. The van der Waals surface area contributed by atoms with Gasteiger partial charge in [-0.05, 0) is 11.1 Å². The molecule has 0 aliphatic carbocycles. The molecule has 11 heteroatoms. The maximum Gasteiger partial charge on any atom is 0.407 e. The highest BCUT2D eigenvalue weighted by atomic mass is 35.5. The Labute approximate surface area is 183 Å². The van der Waals surface area contributed by atoms with E-state index in [1.807, 2.05) is 6.07 Å². The third-order valence-electron chi connectivity index (χ3n) is 3.41. The smallest absolute Gasteiger partial charge is 0.407 e. The van der Waals surface area contributed by atoms with Gasteiger partial charge >= 0.3 is 23.5 Å². The van der Waals surface area contributed by atoms with Crippen LogP contribution in [-0.2, 0) is 19.1 Å². The molecule has 168 valence electrons. The predicted octanol–water partition coefficient (Wildman–Crippen LogP) is 2.93. The predicted molar refractivity (Wildman–Crippen MR) is 112 cm³/mol. The van der Waals surface area contributed by atoms with Gasteiger partial charge in [-0.3, -0.25) is 4.79 Å². The van der Waals surface area contributed by atoms with Crippen LogP contribution in [0.5, 0.6) is 0 Å². The van der Waals surface area contributed by atoms with Crippen molar-refractivity contribution in [3.8, 4) is 0 Å². The van der Waals surface area contributed by atoms with Crippen molar-refractivity contribution in [2.45, 2.75) is 12.1 Å². The molecule has 0 spiro atoms. The van der Waals surface area contributed by atoms with Crippen LogP contribution < -0.4 is 11.1 Å². The number of methoxy groups -OCH3 is 2. The molecule has 2 rings (SSSR count). The number of hydrogen-bond acceptors (Lipinski definition) is 7. The van der Waals surface area contributed by atoms with Crippen LogP contribution >= 0.6 is 11.6 Å². The topological polar surface area (TPSA) is 165 Å². The highest BCUT2D eigenvalue weighted by Crippen LogP contribution is 2.12. The molecule has 0 aliphatic rings. The lowest BCUT2D eigenvalue weighted by molar-refractivity contribution is -0.140. The lowest BCUT2D eigenvalue weighted by atomic mass is 10.1. The summed E-state index contributed by atoms with van der Waals surface area (Å²) in [5.74, 6) is -2.14. The summed E-state index contributed by atoms with van der Waals surface area (Å²) < 4.78 is 8.22. The molecule has 0 saturated carbocycles. The lowest BCUT2D eigenvalue weighted by Crippen LogP contribution is -2.33. The monoisotopic (exact) mass is 454 g/mol. The Morgan fingerprint density at radius 1 is 0.839 bits per heavy atom. The maximum absolute atomic E-state index is 10.9. The molecule has 2 aromatic rings. The summed E-state index contributed by atoms with van der Waals surface area (Å²) in [6, 6.07) is 15.1. The number of alkyl carbamates (subject to hydrolysis) is 1. The van der Waals surface area contributed by atoms with Gasteiger partial charge in [0.1, 0.15) is 6.04 Å². The zero-order valence-corrected chi connectivity index (χ0v) is 17.5. The molecule has 0 aliphatic heterocycles. The fourth-order valence-electron chi connectivity index (χ4n) is 1.91. The molecule has 2 aromatic carbocycles. The summed E-state index contributed by atoms with van der Waals surface area (Å²) in [4.78, 5) is 41.5. The van der Waals surface area contributed by atoms with Gasteiger partial charge in [-0.1, -0.05) is 60.7 Å². The summed E-state index contributed by atoms with van der Waals surface area (Å²) in [5, 5.41) is 19.6. The van der Waals surface area contributed by atoms with Crippen LogP contribution in [0.3, 0.4) is 0 Å². The van der Waals surface area contributed by atoms with Gasteiger partial charge in [0.25, 0.3) is 0 Å². The van der Waals surface area contributed by atoms with E-state index in [2.05, 4.69) is 26.4 Å². The molecule has 1 amide bonds. The number of ether oxygens (including phenoxy) is 2. The van der Waals surface area contributed by atoms with Crippen molar-refractivity contribution < 1.29 is 38.9 Å². The van der Waals surface area contributed by atoms with Crippen molar-refractivity contribution in [1.82, 2.24) is 5.32 Å². The number of carboxylic acids is 2. The zero-order chi connectivity index (χ0) is 23.8. The third kappa shape index (κ3) is 11.8. The van der Waals surface area contributed by atoms with Crippen LogP contribution in [0.25, 0.3) is 0 Å². The van der Waals surface area contributed by atoms with E-state index in [9.17, 15) is 19.2 Å². The van der Waals surface area contributed by atoms with Crippen LogP contribution in [0.4, 0.5) is 9.59 Å². The van der Waals surface area contributed by atoms with Crippen molar-refractivity contribution in [3.05, 3.63) is 71.8 Å². The molecule has 31 heavy (non-hydrogen) atoms. The minimum atomic E-state index is -1.13. The average molecular weight is 455 g/mol. The first-order chi connectivity index (χ1) is 14.6. The van der Waals surface area contributed by atoms with E-state index >= 15 is 0 Å². The van der Waals surface area contributed by atoms with E-state index in [1.54, 1.807) is 54.6 Å². The van der Waals surface area contributed by atoms with Gasteiger partial charge in [0.05, 0.1) is 14.2 Å². The van der Waals surface area contributed by atoms with Crippen molar-refractivity contribution in [3.63, 3.8) is 0 Å². The Bertz CT molecular complexity index is 834. The van der Waals surface area contributed by atoms with E-state index in [0.717, 1.165) is 0 Å². The van der Waals surface area contributed by atoms with Gasteiger partial charge in [0.2, 0.25) is 0 Å². The van der Waals surface area contributed by atoms with Gasteiger partial charge in [0, 0.05) is 11.6 Å². The molecule has 5 N–H and O–H groups in total. The number of rotatable bonds is 5. The number of nitrogens with one attached hydrogen (secondary N) is 1. The molecule has 0 heterocycles. The van der Waals surface area contributed by atoms with Crippen molar-refractivity contribution in [2.24, 2.45) is 5.73 Å². The number of benzene rings is 2. The Hall–Kier alpha value is -3.63. The number of carbonyl (C=O) groups excluding carboxylic acids is 2. The number of amides is 1. The molecule has 0 radical (unpaired) electrons. The highest BCUT2D eigenvalue weighted by Gasteiger charge is 2.21. The fraction of sp³-hybridized carbons (Fsp3) is 0.200. The van der Waals surface area contributed by atoms with Gasteiger partial charge in [-0.25, -0.2) is 14.4 Å². The van der Waals surface area contributed by atoms with Crippen LogP contribution in [0.1, 0.15) is 23.2 Å². The summed E-state index contributed by atoms with van der Waals surface area (Å²) >= 11 is 4.60. The van der Waals surface area contributed by atoms with Gasteiger partial charge in [-0.2, -0.15) is 0 Å². The minimum Gasteiger partial charge on any atom is -0.480 e.